The van der Waals surface area contributed by atoms with E-state index in [1.54, 1.807) is 40.2 Å². The van der Waals surface area contributed by atoms with Crippen LogP contribution in [0.3, 0.4) is 0 Å². The third kappa shape index (κ3) is 9.30. The Morgan fingerprint density at radius 3 is 2.27 bits per heavy atom. The molecular formula is C44H50Cl2N8O6. The molecule has 0 saturated carbocycles. The van der Waals surface area contributed by atoms with E-state index in [4.69, 9.17) is 42.8 Å². The highest BCUT2D eigenvalue weighted by Crippen LogP contribution is 2.42. The molecule has 2 saturated heterocycles. The lowest BCUT2D eigenvalue weighted by Gasteiger charge is -2.31. The molecule has 5 heterocycles. The summed E-state index contributed by atoms with van der Waals surface area (Å²) in [5.74, 6) is 0.948. The number of hydrogen-bond acceptors (Lipinski definition) is 9. The van der Waals surface area contributed by atoms with Gasteiger partial charge in [0.25, 0.3) is 5.56 Å². The average Bonchev–Trinajstić information content (AvgIpc) is 3.84. The first-order valence-corrected chi connectivity index (χ1v) is 20.8. The number of hydrogen-bond donors (Lipinski definition) is 2. The van der Waals surface area contributed by atoms with Crippen molar-refractivity contribution >= 4 is 46.6 Å². The van der Waals surface area contributed by atoms with E-state index in [9.17, 15) is 19.2 Å². The molecule has 14 nitrogen and oxygen atoms in total. The Morgan fingerprint density at radius 1 is 0.967 bits per heavy atom. The number of benzene rings is 2. The van der Waals surface area contributed by atoms with E-state index < -0.39 is 11.7 Å². The first-order valence-electron chi connectivity index (χ1n) is 20.1. The number of rotatable bonds is 11. The monoisotopic (exact) mass is 856 g/mol. The molecule has 2 N–H and O–H groups in total. The van der Waals surface area contributed by atoms with Crippen molar-refractivity contribution in [2.24, 2.45) is 7.05 Å². The van der Waals surface area contributed by atoms with Crippen molar-refractivity contribution in [3.05, 3.63) is 92.6 Å². The molecule has 5 aromatic rings. The van der Waals surface area contributed by atoms with E-state index >= 15 is 0 Å². The third-order valence-electron chi connectivity index (χ3n) is 11.0. The van der Waals surface area contributed by atoms with Gasteiger partial charge in [-0.25, -0.2) is 14.3 Å². The van der Waals surface area contributed by atoms with E-state index in [-0.39, 0.29) is 42.5 Å². The summed E-state index contributed by atoms with van der Waals surface area (Å²) in [6.07, 6.45) is 4.01. The minimum absolute atomic E-state index is 0.0405. The van der Waals surface area contributed by atoms with Gasteiger partial charge in [-0.15, -0.1) is 0 Å². The molecule has 3 amide bonds. The van der Waals surface area contributed by atoms with Crippen molar-refractivity contribution in [1.29, 1.82) is 0 Å². The highest BCUT2D eigenvalue weighted by molar-refractivity contribution is 6.39. The van der Waals surface area contributed by atoms with Crippen molar-refractivity contribution in [3.63, 3.8) is 0 Å². The summed E-state index contributed by atoms with van der Waals surface area (Å²) in [4.78, 5) is 58.8. The van der Waals surface area contributed by atoms with Gasteiger partial charge in [-0.05, 0) is 58.2 Å². The van der Waals surface area contributed by atoms with Gasteiger partial charge in [0.15, 0.2) is 0 Å². The van der Waals surface area contributed by atoms with Crippen molar-refractivity contribution in [2.75, 3.05) is 26.7 Å². The molecule has 2 fully saturated rings. The fourth-order valence-electron chi connectivity index (χ4n) is 7.74. The fraction of sp³-hybridized carbons (Fsp3) is 0.409. The Hall–Kier alpha value is -5.44. The molecule has 2 aromatic carbocycles. The number of nitrogens with one attached hydrogen (secondary N) is 2. The molecule has 2 aliphatic heterocycles. The number of likely N-dealkylation sites (tertiary alicyclic amines) is 1. The molecule has 316 valence electrons. The first-order chi connectivity index (χ1) is 28.6. The van der Waals surface area contributed by atoms with Gasteiger partial charge in [0, 0.05) is 91.7 Å². The van der Waals surface area contributed by atoms with Crippen LogP contribution in [0.5, 0.6) is 5.88 Å². The Bertz CT molecular complexity index is 2500. The molecule has 0 aliphatic carbocycles. The smallest absolute Gasteiger partial charge is 0.410 e. The van der Waals surface area contributed by atoms with Gasteiger partial charge in [0.2, 0.25) is 17.7 Å². The van der Waals surface area contributed by atoms with Crippen LogP contribution in [-0.2, 0) is 34.5 Å². The van der Waals surface area contributed by atoms with Crippen LogP contribution in [0.4, 0.5) is 4.79 Å². The number of piperidine rings is 1. The van der Waals surface area contributed by atoms with Crippen molar-refractivity contribution in [2.45, 2.75) is 84.2 Å². The number of methoxy groups -OCH3 is 1. The van der Waals surface area contributed by atoms with E-state index in [0.717, 1.165) is 18.4 Å². The number of amides is 3. The molecule has 3 aromatic heterocycles. The van der Waals surface area contributed by atoms with Gasteiger partial charge in [0.1, 0.15) is 16.9 Å². The van der Waals surface area contributed by atoms with Crippen LogP contribution in [0.2, 0.25) is 10.0 Å². The number of halogens is 2. The summed E-state index contributed by atoms with van der Waals surface area (Å²) < 4.78 is 14.6. The Kier molecular flexibility index (Phi) is 12.6. The standard InChI is InChI=1S/C44H50Cl2N8O6/c1-26(55)52-19-17-29(18-20-52)47-22-37-50-54-24-28(21-36(54)42(57)51(37)5)31-9-7-10-32(39(31)45)33-11-8-12-34(40(33)46)35-15-13-27(41(49-35)59-6)23-53(43(58)60-44(2,3)4)25-30-14-16-38(56)48-30/h7-13,15,21,24,29-30,47H,14,16-20,22-23,25H2,1-6H3,(H,48,56)/t30-/m0/s1. The van der Waals surface area contributed by atoms with Crippen LogP contribution in [0.1, 0.15) is 64.8 Å². The van der Waals surface area contributed by atoms with E-state index in [1.807, 2.05) is 74.2 Å². The number of ether oxygens (including phenoxy) is 2. The number of aromatic nitrogens is 4. The van der Waals surface area contributed by atoms with Gasteiger partial charge in [-0.2, -0.15) is 5.10 Å². The van der Waals surface area contributed by atoms with Crippen molar-refractivity contribution in [1.82, 2.24) is 39.6 Å². The van der Waals surface area contributed by atoms with Crippen molar-refractivity contribution < 1.29 is 23.9 Å². The normalized spacial score (nSPS) is 16.0. The van der Waals surface area contributed by atoms with Crippen LogP contribution in [0.15, 0.2) is 65.6 Å². The lowest BCUT2D eigenvalue weighted by Crippen LogP contribution is -2.44. The van der Waals surface area contributed by atoms with Gasteiger partial charge >= 0.3 is 6.09 Å². The van der Waals surface area contributed by atoms with Gasteiger partial charge in [-0.3, -0.25) is 19.0 Å². The summed E-state index contributed by atoms with van der Waals surface area (Å²) in [5.41, 5.74) is 4.16. The minimum atomic E-state index is -0.712. The van der Waals surface area contributed by atoms with Crippen LogP contribution >= 0.6 is 23.2 Å². The molecule has 2 aliphatic rings. The second-order valence-corrected chi connectivity index (χ2v) is 17.1. The summed E-state index contributed by atoms with van der Waals surface area (Å²) in [7, 11) is 3.24. The average molecular weight is 858 g/mol. The minimum Gasteiger partial charge on any atom is -0.481 e. The molecule has 0 bridgehead atoms. The zero-order valence-corrected chi connectivity index (χ0v) is 36.2. The summed E-state index contributed by atoms with van der Waals surface area (Å²) in [6, 6.07) is 16.8. The topological polar surface area (TPSA) is 152 Å². The van der Waals surface area contributed by atoms with Crippen LogP contribution < -0.4 is 20.9 Å². The lowest BCUT2D eigenvalue weighted by atomic mass is 9.97. The van der Waals surface area contributed by atoms with E-state index in [1.165, 1.54) is 7.11 Å². The second kappa shape index (κ2) is 17.6. The maximum atomic E-state index is 13.6. The lowest BCUT2D eigenvalue weighted by molar-refractivity contribution is -0.130. The molecule has 7 rings (SSSR count). The second-order valence-electron chi connectivity index (χ2n) is 16.4. The van der Waals surface area contributed by atoms with Gasteiger partial charge in [0.05, 0.1) is 35.9 Å². The highest BCUT2D eigenvalue weighted by Gasteiger charge is 2.30. The van der Waals surface area contributed by atoms with Crippen LogP contribution in [0.25, 0.3) is 39.0 Å². The van der Waals surface area contributed by atoms with E-state index in [2.05, 4.69) is 10.6 Å². The quantitative estimate of drug-likeness (QED) is 0.145. The number of pyridine rings is 1. The largest absolute Gasteiger partial charge is 0.481 e. The van der Waals surface area contributed by atoms with E-state index in [0.29, 0.717) is 93.3 Å². The fourth-order valence-corrected chi connectivity index (χ4v) is 8.40. The van der Waals surface area contributed by atoms with Crippen LogP contribution in [0, 0.1) is 0 Å². The maximum Gasteiger partial charge on any atom is 0.410 e. The number of nitrogens with zero attached hydrogens (tertiary/aromatic N) is 6. The highest BCUT2D eigenvalue weighted by atomic mass is 35.5. The predicted molar refractivity (Wildman–Crippen MR) is 231 cm³/mol. The maximum absolute atomic E-state index is 13.6. The number of carbonyl (C=O) groups is 3. The number of carbonyl (C=O) groups excluding carboxylic acids is 3. The molecule has 60 heavy (non-hydrogen) atoms. The zero-order chi connectivity index (χ0) is 42.9. The Balaban J connectivity index is 1.13. The predicted octanol–water partition coefficient (Wildman–Crippen LogP) is 6.86. The summed E-state index contributed by atoms with van der Waals surface area (Å²) >= 11 is 14.4. The number of fused-ring (bicyclic) bond motifs is 1. The molecule has 1 atom stereocenters. The zero-order valence-electron chi connectivity index (χ0n) is 34.7. The summed E-state index contributed by atoms with van der Waals surface area (Å²) in [5, 5.41) is 12.1. The van der Waals surface area contributed by atoms with Crippen LogP contribution in [-0.4, -0.2) is 91.3 Å². The SMILES string of the molecule is COc1nc(-c2cccc(-c3cccc(-c4cc5c(=O)n(C)c(CNC6CCN(C(C)=O)CC6)nn5c4)c3Cl)c2Cl)ccc1CN(C[C@@H]1CCC(=O)N1)C(=O)OC(C)(C)C. The molecule has 0 unspecified atom stereocenters. The van der Waals surface area contributed by atoms with Gasteiger partial charge in [-0.1, -0.05) is 59.6 Å². The molecular weight excluding hydrogens is 807 g/mol. The Morgan fingerprint density at radius 2 is 1.63 bits per heavy atom. The molecule has 0 radical (unpaired) electrons. The first kappa shape index (κ1) is 42.7. The Labute approximate surface area is 358 Å². The summed E-state index contributed by atoms with van der Waals surface area (Å²) in [6.45, 7) is 9.24. The van der Waals surface area contributed by atoms with Crippen molar-refractivity contribution in [3.8, 4) is 39.4 Å². The van der Waals surface area contributed by atoms with Gasteiger partial charge < -0.3 is 29.9 Å². The molecule has 16 heteroatoms. The molecule has 0 spiro atoms. The third-order valence-corrected chi connectivity index (χ3v) is 11.8.